The zero-order valence-electron chi connectivity index (χ0n) is 15.0. The maximum absolute atomic E-state index is 12.8. The Bertz CT molecular complexity index is 752. The van der Waals surface area contributed by atoms with Crippen molar-refractivity contribution in [3.8, 4) is 11.5 Å². The van der Waals surface area contributed by atoms with Crippen molar-refractivity contribution in [2.75, 3.05) is 38.8 Å². The van der Waals surface area contributed by atoms with Crippen LogP contribution in [0.4, 0.5) is 10.5 Å². The van der Waals surface area contributed by atoms with Crippen LogP contribution >= 0.6 is 0 Å². The van der Waals surface area contributed by atoms with E-state index in [1.165, 1.54) is 0 Å². The van der Waals surface area contributed by atoms with Crippen LogP contribution in [0.2, 0.25) is 0 Å². The van der Waals surface area contributed by atoms with Crippen LogP contribution < -0.4 is 14.8 Å². The Hall–Kier alpha value is -2.80. The highest BCUT2D eigenvalue weighted by Gasteiger charge is 2.19. The maximum atomic E-state index is 12.8. The summed E-state index contributed by atoms with van der Waals surface area (Å²) in [4.78, 5) is 18.8. The number of anilines is 1. The third-order valence-electron chi connectivity index (χ3n) is 4.06. The number of amides is 2. The minimum Gasteiger partial charge on any atom is -0.486 e. The summed E-state index contributed by atoms with van der Waals surface area (Å²) in [6, 6.07) is 9.11. The molecular formula is C19H23N3O4. The molecule has 0 radical (unpaired) electrons. The molecule has 3 rings (SSSR count). The molecule has 0 fully saturated rings. The second-order valence-corrected chi connectivity index (χ2v) is 5.98. The molecule has 138 valence electrons. The number of urea groups is 1. The zero-order valence-corrected chi connectivity index (χ0v) is 15.0. The molecule has 2 heterocycles. The van der Waals surface area contributed by atoms with Gasteiger partial charge in [-0.15, -0.1) is 0 Å². The van der Waals surface area contributed by atoms with Crippen LogP contribution in [-0.4, -0.2) is 49.4 Å². The number of rotatable bonds is 6. The predicted molar refractivity (Wildman–Crippen MR) is 97.7 cm³/mol. The third kappa shape index (κ3) is 4.43. The number of fused-ring (bicyclic) bond motifs is 1. The summed E-state index contributed by atoms with van der Waals surface area (Å²) in [6.45, 7) is 4.27. The van der Waals surface area contributed by atoms with E-state index in [0.29, 0.717) is 50.1 Å². The van der Waals surface area contributed by atoms with E-state index in [9.17, 15) is 4.79 Å². The fraction of sp³-hybridized carbons (Fsp3) is 0.368. The second kappa shape index (κ2) is 8.53. The maximum Gasteiger partial charge on any atom is 0.322 e. The smallest absolute Gasteiger partial charge is 0.322 e. The monoisotopic (exact) mass is 357 g/mol. The standard InChI is InChI=1S/C19H23N3O4/c1-14-11-17-18(26-10-9-25-17)12-16(14)21-19(23)22(7-8-24-2)13-15-5-3-4-6-20-15/h3-6,11-12H,7-10,13H2,1-2H3,(H,21,23). The highest BCUT2D eigenvalue weighted by molar-refractivity contribution is 5.90. The Labute approximate surface area is 152 Å². The van der Waals surface area contributed by atoms with Crippen LogP contribution in [0.1, 0.15) is 11.3 Å². The molecule has 0 unspecified atom stereocenters. The van der Waals surface area contributed by atoms with E-state index in [2.05, 4.69) is 10.3 Å². The molecule has 0 saturated carbocycles. The largest absolute Gasteiger partial charge is 0.486 e. The summed E-state index contributed by atoms with van der Waals surface area (Å²) in [7, 11) is 1.61. The molecule has 7 nitrogen and oxygen atoms in total. The average molecular weight is 357 g/mol. The summed E-state index contributed by atoms with van der Waals surface area (Å²) in [5.74, 6) is 1.35. The summed E-state index contributed by atoms with van der Waals surface area (Å²) in [5, 5.41) is 2.96. The SMILES string of the molecule is COCCN(Cc1ccccn1)C(=O)Nc1cc2c(cc1C)OCCO2. The number of aromatic nitrogens is 1. The molecule has 0 spiro atoms. The first-order valence-corrected chi connectivity index (χ1v) is 8.52. The van der Waals surface area contributed by atoms with Crippen LogP contribution in [0.15, 0.2) is 36.5 Å². The van der Waals surface area contributed by atoms with Gasteiger partial charge >= 0.3 is 6.03 Å². The first-order valence-electron chi connectivity index (χ1n) is 8.52. The van der Waals surface area contributed by atoms with E-state index in [1.807, 2.05) is 31.2 Å². The van der Waals surface area contributed by atoms with Gasteiger partial charge in [0.05, 0.1) is 18.8 Å². The minimum atomic E-state index is -0.215. The van der Waals surface area contributed by atoms with Gasteiger partial charge in [-0.25, -0.2) is 4.79 Å². The lowest BCUT2D eigenvalue weighted by Gasteiger charge is -2.24. The van der Waals surface area contributed by atoms with Crippen LogP contribution in [0.25, 0.3) is 0 Å². The van der Waals surface area contributed by atoms with Gasteiger partial charge in [0.1, 0.15) is 13.2 Å². The van der Waals surface area contributed by atoms with Crippen molar-refractivity contribution >= 4 is 11.7 Å². The Morgan fingerprint density at radius 3 is 2.73 bits per heavy atom. The lowest BCUT2D eigenvalue weighted by Crippen LogP contribution is -2.37. The van der Waals surface area contributed by atoms with Crippen LogP contribution in [0.5, 0.6) is 11.5 Å². The summed E-state index contributed by atoms with van der Waals surface area (Å²) >= 11 is 0. The molecule has 0 aliphatic carbocycles. The number of pyridine rings is 1. The number of carbonyl (C=O) groups excluding carboxylic acids is 1. The Balaban J connectivity index is 1.74. The molecule has 26 heavy (non-hydrogen) atoms. The Kier molecular flexibility index (Phi) is 5.91. The molecule has 1 aromatic heterocycles. The molecule has 0 saturated heterocycles. The van der Waals surface area contributed by atoms with Gasteiger partial charge in [-0.1, -0.05) is 6.07 Å². The number of hydrogen-bond donors (Lipinski definition) is 1. The first kappa shape index (κ1) is 18.0. The summed E-state index contributed by atoms with van der Waals surface area (Å²) < 4.78 is 16.3. The van der Waals surface area contributed by atoms with Crippen molar-refractivity contribution in [3.63, 3.8) is 0 Å². The molecule has 0 atom stereocenters. The highest BCUT2D eigenvalue weighted by Crippen LogP contribution is 2.35. The summed E-state index contributed by atoms with van der Waals surface area (Å²) in [5.41, 5.74) is 2.42. The number of hydrogen-bond acceptors (Lipinski definition) is 5. The number of benzene rings is 1. The van der Waals surface area contributed by atoms with Crippen LogP contribution in [-0.2, 0) is 11.3 Å². The second-order valence-electron chi connectivity index (χ2n) is 5.98. The van der Waals surface area contributed by atoms with Crippen molar-refractivity contribution in [2.24, 2.45) is 0 Å². The van der Waals surface area contributed by atoms with E-state index in [4.69, 9.17) is 14.2 Å². The highest BCUT2D eigenvalue weighted by atomic mass is 16.6. The lowest BCUT2D eigenvalue weighted by molar-refractivity contribution is 0.152. The molecule has 2 aromatic rings. The lowest BCUT2D eigenvalue weighted by atomic mass is 10.1. The third-order valence-corrected chi connectivity index (χ3v) is 4.06. The van der Waals surface area contributed by atoms with Crippen molar-refractivity contribution < 1.29 is 19.0 Å². The van der Waals surface area contributed by atoms with Crippen molar-refractivity contribution in [1.29, 1.82) is 0 Å². The topological polar surface area (TPSA) is 72.9 Å². The number of ether oxygens (including phenoxy) is 3. The molecule has 1 N–H and O–H groups in total. The van der Waals surface area contributed by atoms with Gasteiger partial charge in [0, 0.05) is 31.6 Å². The minimum absolute atomic E-state index is 0.215. The van der Waals surface area contributed by atoms with E-state index >= 15 is 0 Å². The number of nitrogens with one attached hydrogen (secondary N) is 1. The fourth-order valence-electron chi connectivity index (χ4n) is 2.66. The van der Waals surface area contributed by atoms with Gasteiger partial charge in [0.2, 0.25) is 0 Å². The van der Waals surface area contributed by atoms with Gasteiger partial charge < -0.3 is 24.4 Å². The molecule has 0 bridgehead atoms. The molecule has 1 aromatic carbocycles. The molecule has 1 aliphatic rings. The first-order chi connectivity index (χ1) is 12.7. The van der Waals surface area contributed by atoms with Gasteiger partial charge in [-0.3, -0.25) is 4.98 Å². The van der Waals surface area contributed by atoms with Gasteiger partial charge in [-0.05, 0) is 30.7 Å². The zero-order chi connectivity index (χ0) is 18.4. The van der Waals surface area contributed by atoms with Crippen molar-refractivity contribution in [3.05, 3.63) is 47.8 Å². The van der Waals surface area contributed by atoms with Gasteiger partial charge in [-0.2, -0.15) is 0 Å². The molecule has 1 aliphatic heterocycles. The van der Waals surface area contributed by atoms with Crippen molar-refractivity contribution in [1.82, 2.24) is 9.88 Å². The molecule has 2 amide bonds. The molecule has 7 heteroatoms. The van der Waals surface area contributed by atoms with Crippen molar-refractivity contribution in [2.45, 2.75) is 13.5 Å². The van der Waals surface area contributed by atoms with Gasteiger partial charge in [0.15, 0.2) is 11.5 Å². The van der Waals surface area contributed by atoms with Crippen LogP contribution in [0.3, 0.4) is 0 Å². The average Bonchev–Trinajstić information content (AvgIpc) is 2.66. The fourth-order valence-corrected chi connectivity index (χ4v) is 2.66. The number of aryl methyl sites for hydroxylation is 1. The van der Waals surface area contributed by atoms with E-state index < -0.39 is 0 Å². The Morgan fingerprint density at radius 2 is 2.04 bits per heavy atom. The van der Waals surface area contributed by atoms with Gasteiger partial charge in [0.25, 0.3) is 0 Å². The predicted octanol–water partition coefficient (Wildman–Crippen LogP) is 2.84. The van der Waals surface area contributed by atoms with E-state index in [0.717, 1.165) is 11.3 Å². The van der Waals surface area contributed by atoms with E-state index in [1.54, 1.807) is 24.3 Å². The quantitative estimate of drug-likeness (QED) is 0.861. The summed E-state index contributed by atoms with van der Waals surface area (Å²) in [6.07, 6.45) is 1.71. The molecular weight excluding hydrogens is 334 g/mol. The Morgan fingerprint density at radius 1 is 1.27 bits per heavy atom. The normalized spacial score (nSPS) is 12.5. The number of nitrogens with zero attached hydrogens (tertiary/aromatic N) is 2. The van der Waals surface area contributed by atoms with Crippen LogP contribution in [0, 0.1) is 6.92 Å². The number of carbonyl (C=O) groups is 1. The number of methoxy groups -OCH3 is 1. The van der Waals surface area contributed by atoms with E-state index in [-0.39, 0.29) is 6.03 Å².